The zero-order chi connectivity index (χ0) is 21.2. The normalized spacial score (nSPS) is 25.8. The van der Waals surface area contributed by atoms with Gasteiger partial charge >= 0.3 is 6.03 Å². The Hall–Kier alpha value is -3.18. The van der Waals surface area contributed by atoms with Crippen LogP contribution in [0.3, 0.4) is 0 Å². The number of anilines is 1. The predicted octanol–water partition coefficient (Wildman–Crippen LogP) is 2.70. The molecule has 8 heteroatoms. The number of urea groups is 1. The molecule has 2 amide bonds. The first-order chi connectivity index (χ1) is 14.5. The number of carbonyl (C=O) groups excluding carboxylic acids is 1. The first-order valence-electron chi connectivity index (χ1n) is 10.3. The van der Waals surface area contributed by atoms with E-state index in [1.54, 1.807) is 4.90 Å². The number of carbonyl (C=O) groups is 1. The Morgan fingerprint density at radius 1 is 1.27 bits per heavy atom. The lowest BCUT2D eigenvalue weighted by molar-refractivity contribution is 0.161. The van der Waals surface area contributed by atoms with Crippen LogP contribution in [0.4, 0.5) is 10.5 Å². The summed E-state index contributed by atoms with van der Waals surface area (Å²) in [7, 11) is 1.47. The number of amides is 2. The molecular weight excluding hydrogens is 380 g/mol. The number of hydrogen-bond acceptors (Lipinski definition) is 6. The van der Waals surface area contributed by atoms with Gasteiger partial charge in [-0.3, -0.25) is 4.90 Å². The summed E-state index contributed by atoms with van der Waals surface area (Å²) in [6.07, 6.45) is 5.06. The number of rotatable bonds is 5. The van der Waals surface area contributed by atoms with Crippen molar-refractivity contribution in [1.82, 2.24) is 20.6 Å². The van der Waals surface area contributed by atoms with Crippen molar-refractivity contribution in [3.63, 3.8) is 0 Å². The molecule has 4 rings (SSSR count). The van der Waals surface area contributed by atoms with E-state index in [0.29, 0.717) is 12.2 Å². The molecule has 0 radical (unpaired) electrons. The van der Waals surface area contributed by atoms with Gasteiger partial charge in [0, 0.05) is 5.54 Å². The molecule has 2 fully saturated rings. The largest absolute Gasteiger partial charge is 0.479 e. The summed E-state index contributed by atoms with van der Waals surface area (Å²) in [5.41, 5.74) is 1.40. The second kappa shape index (κ2) is 7.92. The maximum atomic E-state index is 12.9. The lowest BCUT2D eigenvalue weighted by Crippen LogP contribution is -2.54. The zero-order valence-electron chi connectivity index (χ0n) is 17.3. The van der Waals surface area contributed by atoms with Crippen molar-refractivity contribution in [2.24, 2.45) is 0 Å². The smallest absolute Gasteiger partial charge is 0.322 e. The Morgan fingerprint density at radius 2 is 2.00 bits per heavy atom. The summed E-state index contributed by atoms with van der Waals surface area (Å²) in [6, 6.07) is 12.3. The van der Waals surface area contributed by atoms with E-state index in [0.717, 1.165) is 32.2 Å². The molecule has 1 aromatic heterocycles. The predicted molar refractivity (Wildman–Crippen MR) is 112 cm³/mol. The zero-order valence-corrected chi connectivity index (χ0v) is 17.3. The number of methoxy groups -OCH3 is 1. The van der Waals surface area contributed by atoms with Crippen LogP contribution in [-0.2, 0) is 5.54 Å². The van der Waals surface area contributed by atoms with Crippen molar-refractivity contribution >= 4 is 11.7 Å². The van der Waals surface area contributed by atoms with Crippen molar-refractivity contribution in [3.8, 4) is 11.9 Å². The van der Waals surface area contributed by atoms with Crippen LogP contribution in [0.15, 0.2) is 36.5 Å². The molecule has 0 unspecified atom stereocenters. The molecular formula is C22H26N6O2. The van der Waals surface area contributed by atoms with Gasteiger partial charge in [-0.25, -0.2) is 9.78 Å². The van der Waals surface area contributed by atoms with Crippen LogP contribution in [0, 0.1) is 11.3 Å². The van der Waals surface area contributed by atoms with Crippen LogP contribution in [0.1, 0.15) is 44.0 Å². The van der Waals surface area contributed by atoms with Crippen LogP contribution >= 0.6 is 0 Å². The van der Waals surface area contributed by atoms with Crippen LogP contribution < -0.4 is 20.3 Å². The van der Waals surface area contributed by atoms with Gasteiger partial charge < -0.3 is 15.4 Å². The third kappa shape index (κ3) is 3.46. The van der Waals surface area contributed by atoms with Crippen LogP contribution in [0.5, 0.6) is 5.88 Å². The molecule has 2 aromatic rings. The molecule has 2 heterocycles. The van der Waals surface area contributed by atoms with Gasteiger partial charge in [0.1, 0.15) is 11.8 Å². The van der Waals surface area contributed by atoms with Gasteiger partial charge in [0.05, 0.1) is 25.4 Å². The number of benzene rings is 1. The molecule has 1 spiro atoms. The number of nitriles is 1. The number of hydrogen-bond donors (Lipinski definition) is 2. The highest BCUT2D eigenvalue weighted by Gasteiger charge is 2.49. The van der Waals surface area contributed by atoms with E-state index in [9.17, 15) is 4.79 Å². The molecule has 2 aliphatic rings. The van der Waals surface area contributed by atoms with E-state index in [4.69, 9.17) is 10.00 Å². The molecule has 1 aromatic carbocycles. The van der Waals surface area contributed by atoms with Crippen molar-refractivity contribution in [3.05, 3.63) is 47.9 Å². The monoisotopic (exact) mass is 406 g/mol. The van der Waals surface area contributed by atoms with E-state index in [2.05, 4.69) is 51.8 Å². The summed E-state index contributed by atoms with van der Waals surface area (Å²) in [4.78, 5) is 22.6. The molecule has 1 saturated carbocycles. The maximum absolute atomic E-state index is 12.9. The van der Waals surface area contributed by atoms with E-state index >= 15 is 0 Å². The molecule has 0 atom stereocenters. The lowest BCUT2D eigenvalue weighted by Gasteiger charge is -2.45. The first kappa shape index (κ1) is 20.1. The lowest BCUT2D eigenvalue weighted by atomic mass is 9.69. The topological polar surface area (TPSA) is 103 Å². The molecule has 1 aliphatic heterocycles. The minimum atomic E-state index is -0.302. The van der Waals surface area contributed by atoms with Crippen molar-refractivity contribution < 1.29 is 9.53 Å². The quantitative estimate of drug-likeness (QED) is 0.791. The first-order valence-corrected chi connectivity index (χ1v) is 10.3. The maximum Gasteiger partial charge on any atom is 0.322 e. The Labute approximate surface area is 176 Å². The number of nitrogens with one attached hydrogen (secondary N) is 2. The Bertz CT molecular complexity index is 963. The fourth-order valence-corrected chi connectivity index (χ4v) is 4.75. The average molecular weight is 406 g/mol. The van der Waals surface area contributed by atoms with Gasteiger partial charge in [-0.1, -0.05) is 37.3 Å². The highest BCUT2D eigenvalue weighted by atomic mass is 16.5. The standard InChI is InChI=1S/C22H26N6O2/c1-3-25-22(16-7-5-4-6-8-16)11-9-21(10-12-22)15-28(20(29)27-21)17-14-24-18(13-23)26-19(17)30-2/h4-8,14,25H,3,9-12,15H2,1-2H3,(H,27,29). The van der Waals surface area contributed by atoms with Crippen LogP contribution in [-0.4, -0.2) is 41.7 Å². The SMILES string of the molecule is CCNC1(c2ccccc2)CCC2(CC1)CN(c1cnc(C#N)nc1OC)C(=O)N2. The minimum absolute atomic E-state index is 0.0147. The molecule has 2 N–H and O–H groups in total. The van der Waals surface area contributed by atoms with E-state index in [-0.39, 0.29) is 28.8 Å². The summed E-state index contributed by atoms with van der Waals surface area (Å²) >= 11 is 0. The van der Waals surface area contributed by atoms with Crippen LogP contribution in [0.25, 0.3) is 0 Å². The Morgan fingerprint density at radius 3 is 2.63 bits per heavy atom. The Balaban J connectivity index is 1.56. The summed E-state index contributed by atoms with van der Waals surface area (Å²) in [5.74, 6) is 0.247. The second-order valence-electron chi connectivity index (χ2n) is 7.98. The highest BCUT2D eigenvalue weighted by Crippen LogP contribution is 2.44. The van der Waals surface area contributed by atoms with Gasteiger partial charge in [-0.05, 0) is 37.8 Å². The molecule has 1 aliphatic carbocycles. The number of ether oxygens (including phenoxy) is 1. The van der Waals surface area contributed by atoms with Gasteiger partial charge in [0.2, 0.25) is 11.7 Å². The minimum Gasteiger partial charge on any atom is -0.479 e. The Kier molecular flexibility index (Phi) is 5.31. The summed E-state index contributed by atoms with van der Waals surface area (Å²) in [5, 5.41) is 15.9. The molecule has 0 bridgehead atoms. The van der Waals surface area contributed by atoms with Crippen molar-refractivity contribution in [1.29, 1.82) is 5.26 Å². The van der Waals surface area contributed by atoms with E-state index in [1.807, 2.05) is 12.1 Å². The highest BCUT2D eigenvalue weighted by molar-refractivity contribution is 5.96. The van der Waals surface area contributed by atoms with Crippen molar-refractivity contribution in [2.75, 3.05) is 25.1 Å². The summed E-state index contributed by atoms with van der Waals surface area (Å²) < 4.78 is 5.31. The molecule has 30 heavy (non-hydrogen) atoms. The number of aromatic nitrogens is 2. The molecule has 1 saturated heterocycles. The van der Waals surface area contributed by atoms with Gasteiger partial charge in [0.25, 0.3) is 0 Å². The third-order valence-electron chi connectivity index (χ3n) is 6.30. The molecule has 156 valence electrons. The van der Waals surface area contributed by atoms with E-state index < -0.39 is 0 Å². The van der Waals surface area contributed by atoms with E-state index in [1.165, 1.54) is 18.9 Å². The van der Waals surface area contributed by atoms with Gasteiger partial charge in [0.15, 0.2) is 0 Å². The van der Waals surface area contributed by atoms with Gasteiger partial charge in [-0.2, -0.15) is 10.2 Å². The van der Waals surface area contributed by atoms with Crippen LogP contribution in [0.2, 0.25) is 0 Å². The second-order valence-corrected chi connectivity index (χ2v) is 7.98. The van der Waals surface area contributed by atoms with Crippen molar-refractivity contribution in [2.45, 2.75) is 43.7 Å². The molecule has 8 nitrogen and oxygen atoms in total. The van der Waals surface area contributed by atoms with Gasteiger partial charge in [-0.15, -0.1) is 0 Å². The average Bonchev–Trinajstić information content (AvgIpc) is 3.11. The third-order valence-corrected chi connectivity index (χ3v) is 6.30. The fraction of sp³-hybridized carbons (Fsp3) is 0.455. The summed E-state index contributed by atoms with van der Waals surface area (Å²) in [6.45, 7) is 3.54. The fourth-order valence-electron chi connectivity index (χ4n) is 4.75. The number of nitrogens with zero attached hydrogens (tertiary/aromatic N) is 4.